The molecule has 1 aliphatic rings. The van der Waals surface area contributed by atoms with Gasteiger partial charge >= 0.3 is 0 Å². The van der Waals surface area contributed by atoms with Gasteiger partial charge in [0.25, 0.3) is 0 Å². The van der Waals surface area contributed by atoms with Gasteiger partial charge in [-0.25, -0.2) is 8.42 Å². The van der Waals surface area contributed by atoms with Crippen LogP contribution in [0, 0.1) is 5.92 Å². The predicted octanol–water partition coefficient (Wildman–Crippen LogP) is 1.55. The van der Waals surface area contributed by atoms with E-state index in [0.717, 1.165) is 12.8 Å². The lowest BCUT2D eigenvalue weighted by Crippen LogP contribution is -2.23. The molecule has 3 nitrogen and oxygen atoms in total. The molecule has 0 saturated heterocycles. The maximum atomic E-state index is 11.2. The van der Waals surface area contributed by atoms with Crippen molar-refractivity contribution in [1.29, 1.82) is 0 Å². The molecule has 17 heavy (non-hydrogen) atoms. The molecule has 2 rings (SSSR count). The molecule has 1 aromatic carbocycles. The lowest BCUT2D eigenvalue weighted by Gasteiger charge is -2.19. The number of sulfone groups is 1. The Bertz CT molecular complexity index is 496. The molecule has 0 aromatic heterocycles. The number of benzene rings is 1. The fourth-order valence-electron chi connectivity index (χ4n) is 2.70. The molecule has 1 aromatic rings. The van der Waals surface area contributed by atoms with Crippen molar-refractivity contribution in [2.75, 3.05) is 19.1 Å². The first-order chi connectivity index (χ1) is 8.01. The summed E-state index contributed by atoms with van der Waals surface area (Å²) in [7, 11) is -0.914. The van der Waals surface area contributed by atoms with Crippen molar-refractivity contribution in [2.45, 2.75) is 18.9 Å². The first-order valence-electron chi connectivity index (χ1n) is 5.94. The molecule has 0 aliphatic heterocycles. The fourth-order valence-corrected chi connectivity index (χ4v) is 3.43. The van der Waals surface area contributed by atoms with E-state index in [1.807, 2.05) is 19.2 Å². The Hall–Kier alpha value is -0.870. The fraction of sp³-hybridized carbons (Fsp3) is 0.538. The minimum Gasteiger partial charge on any atom is -0.313 e. The highest BCUT2D eigenvalue weighted by atomic mass is 32.2. The summed E-state index contributed by atoms with van der Waals surface area (Å²) in [5.41, 5.74) is 2.68. The van der Waals surface area contributed by atoms with E-state index in [1.165, 1.54) is 17.4 Å². The van der Waals surface area contributed by atoms with Gasteiger partial charge in [-0.1, -0.05) is 24.3 Å². The van der Waals surface area contributed by atoms with Gasteiger partial charge in [0.15, 0.2) is 0 Å². The molecule has 2 unspecified atom stereocenters. The van der Waals surface area contributed by atoms with E-state index in [-0.39, 0.29) is 5.75 Å². The normalized spacial score (nSPS) is 23.6. The van der Waals surface area contributed by atoms with Crippen molar-refractivity contribution in [3.05, 3.63) is 35.4 Å². The number of nitrogens with one attached hydrogen (secondary N) is 1. The molecular formula is C13H19NO2S. The standard InChI is InChI=1S/C13H19NO2S/c1-14-13-11(7-8-17(2,15)16)9-10-5-3-4-6-12(10)13/h3-6,11,13-14H,7-9H2,1-2H3. The van der Waals surface area contributed by atoms with Crippen LogP contribution in [0.3, 0.4) is 0 Å². The molecule has 4 heteroatoms. The minimum absolute atomic E-state index is 0.282. The van der Waals surface area contributed by atoms with Gasteiger partial charge in [0, 0.05) is 12.3 Å². The van der Waals surface area contributed by atoms with Gasteiger partial charge < -0.3 is 5.32 Å². The Balaban J connectivity index is 2.12. The Morgan fingerprint density at radius 1 is 1.35 bits per heavy atom. The third-order valence-corrected chi connectivity index (χ3v) is 4.49. The van der Waals surface area contributed by atoms with Crippen LogP contribution in [-0.4, -0.2) is 27.5 Å². The topological polar surface area (TPSA) is 46.2 Å². The van der Waals surface area contributed by atoms with Crippen LogP contribution in [0.4, 0.5) is 0 Å². The number of hydrogen-bond donors (Lipinski definition) is 1. The Morgan fingerprint density at radius 2 is 2.06 bits per heavy atom. The molecule has 1 aliphatic carbocycles. The van der Waals surface area contributed by atoms with Gasteiger partial charge in [-0.2, -0.15) is 0 Å². The molecule has 94 valence electrons. The van der Waals surface area contributed by atoms with Gasteiger partial charge in [0.1, 0.15) is 9.84 Å². The average Bonchev–Trinajstić information content (AvgIpc) is 2.63. The van der Waals surface area contributed by atoms with Gasteiger partial charge in [-0.3, -0.25) is 0 Å². The molecule has 0 fully saturated rings. The summed E-state index contributed by atoms with van der Waals surface area (Å²) >= 11 is 0. The summed E-state index contributed by atoms with van der Waals surface area (Å²) in [4.78, 5) is 0. The average molecular weight is 253 g/mol. The molecule has 0 heterocycles. The van der Waals surface area contributed by atoms with E-state index in [2.05, 4.69) is 17.4 Å². The number of rotatable bonds is 4. The van der Waals surface area contributed by atoms with Crippen LogP contribution in [0.5, 0.6) is 0 Å². The van der Waals surface area contributed by atoms with Crippen LogP contribution in [0.25, 0.3) is 0 Å². The largest absolute Gasteiger partial charge is 0.313 e. The predicted molar refractivity (Wildman–Crippen MR) is 69.8 cm³/mol. The minimum atomic E-state index is -2.86. The van der Waals surface area contributed by atoms with Crippen molar-refractivity contribution in [3.63, 3.8) is 0 Å². The number of hydrogen-bond acceptors (Lipinski definition) is 3. The molecule has 1 N–H and O–H groups in total. The van der Waals surface area contributed by atoms with Crippen molar-refractivity contribution < 1.29 is 8.42 Å². The second kappa shape index (κ2) is 4.78. The van der Waals surface area contributed by atoms with E-state index >= 15 is 0 Å². The summed E-state index contributed by atoms with van der Waals surface area (Å²) in [6.45, 7) is 0. The van der Waals surface area contributed by atoms with E-state index in [9.17, 15) is 8.42 Å². The summed E-state index contributed by atoms with van der Waals surface area (Å²) < 4.78 is 22.5. The van der Waals surface area contributed by atoms with Crippen molar-refractivity contribution in [1.82, 2.24) is 5.32 Å². The zero-order chi connectivity index (χ0) is 12.5. The Kier molecular flexibility index (Phi) is 3.54. The molecular weight excluding hydrogens is 234 g/mol. The van der Waals surface area contributed by atoms with Gasteiger partial charge in [0.05, 0.1) is 5.75 Å². The van der Waals surface area contributed by atoms with Crippen LogP contribution < -0.4 is 5.32 Å². The highest BCUT2D eigenvalue weighted by Crippen LogP contribution is 2.37. The summed E-state index contributed by atoms with van der Waals surface area (Å²) in [6, 6.07) is 8.66. The number of fused-ring (bicyclic) bond motifs is 1. The van der Waals surface area contributed by atoms with Crippen LogP contribution in [0.1, 0.15) is 23.6 Å². The van der Waals surface area contributed by atoms with E-state index in [1.54, 1.807) is 0 Å². The summed E-state index contributed by atoms with van der Waals surface area (Å²) in [5.74, 6) is 0.677. The maximum Gasteiger partial charge on any atom is 0.147 e. The van der Waals surface area contributed by atoms with Crippen LogP contribution >= 0.6 is 0 Å². The third kappa shape index (κ3) is 2.87. The van der Waals surface area contributed by atoms with Gasteiger partial charge in [-0.15, -0.1) is 0 Å². The highest BCUT2D eigenvalue weighted by Gasteiger charge is 2.31. The molecule has 2 atom stereocenters. The quantitative estimate of drug-likeness (QED) is 0.885. The van der Waals surface area contributed by atoms with Crippen LogP contribution in [0.2, 0.25) is 0 Å². The van der Waals surface area contributed by atoms with Gasteiger partial charge in [-0.05, 0) is 36.9 Å². The SMILES string of the molecule is CNC1c2ccccc2CC1CCS(C)(=O)=O. The summed E-state index contributed by atoms with van der Waals surface area (Å²) in [6.07, 6.45) is 3.03. The van der Waals surface area contributed by atoms with Crippen LogP contribution in [-0.2, 0) is 16.3 Å². The lowest BCUT2D eigenvalue weighted by atomic mass is 9.98. The third-order valence-electron chi connectivity index (χ3n) is 3.51. The molecule has 0 amide bonds. The van der Waals surface area contributed by atoms with Gasteiger partial charge in [0.2, 0.25) is 0 Å². The molecule has 0 bridgehead atoms. The Labute approximate surface area is 103 Å². The molecule has 0 spiro atoms. The molecule has 0 saturated carbocycles. The van der Waals surface area contributed by atoms with E-state index in [4.69, 9.17) is 0 Å². The van der Waals surface area contributed by atoms with E-state index < -0.39 is 9.84 Å². The highest BCUT2D eigenvalue weighted by molar-refractivity contribution is 7.90. The van der Waals surface area contributed by atoms with E-state index in [0.29, 0.717) is 12.0 Å². The first-order valence-corrected chi connectivity index (χ1v) is 8.00. The Morgan fingerprint density at radius 3 is 2.71 bits per heavy atom. The zero-order valence-corrected chi connectivity index (χ0v) is 11.1. The van der Waals surface area contributed by atoms with Crippen molar-refractivity contribution in [3.8, 4) is 0 Å². The van der Waals surface area contributed by atoms with Crippen LogP contribution in [0.15, 0.2) is 24.3 Å². The smallest absolute Gasteiger partial charge is 0.147 e. The first kappa shape index (κ1) is 12.6. The zero-order valence-electron chi connectivity index (χ0n) is 10.3. The molecule has 0 radical (unpaired) electrons. The lowest BCUT2D eigenvalue weighted by molar-refractivity contribution is 0.401. The monoisotopic (exact) mass is 253 g/mol. The van der Waals surface area contributed by atoms with Crippen molar-refractivity contribution >= 4 is 9.84 Å². The summed E-state index contributed by atoms with van der Waals surface area (Å²) in [5, 5.41) is 3.31. The maximum absolute atomic E-state index is 11.2. The van der Waals surface area contributed by atoms with Crippen molar-refractivity contribution in [2.24, 2.45) is 5.92 Å². The second-order valence-corrected chi connectivity index (χ2v) is 7.11. The second-order valence-electron chi connectivity index (χ2n) is 4.85.